The Kier molecular flexibility index (Phi) is 11.7. The van der Waals surface area contributed by atoms with E-state index in [0.717, 1.165) is 11.5 Å². The van der Waals surface area contributed by atoms with Crippen LogP contribution in [0.25, 0.3) is 0 Å². The summed E-state index contributed by atoms with van der Waals surface area (Å²) < 4.78 is 0. The van der Waals surface area contributed by atoms with Gasteiger partial charge < -0.3 is 0 Å². The normalized spacial score (nSPS) is 13.1. The Morgan fingerprint density at radius 1 is 0.439 bits per heavy atom. The molecule has 0 atom stereocenters. The molecule has 0 aliphatic rings. The van der Waals surface area contributed by atoms with Crippen LogP contribution in [-0.2, 0) is 32.5 Å². The summed E-state index contributed by atoms with van der Waals surface area (Å²) in [5.41, 5.74) is 5.44. The van der Waals surface area contributed by atoms with Crippen molar-refractivity contribution in [3.05, 3.63) is 69.5 Å². The van der Waals surface area contributed by atoms with Gasteiger partial charge in [-0.1, -0.05) is 131 Å². The third kappa shape index (κ3) is 12.3. The van der Waals surface area contributed by atoms with E-state index in [1.165, 1.54) is 22.1 Å². The van der Waals surface area contributed by atoms with Gasteiger partial charge in [0.05, 0.1) is 10.7 Å². The first-order valence-electron chi connectivity index (χ1n) is 14.9. The molecule has 4 nitrogen and oxygen atoms in total. The van der Waals surface area contributed by atoms with Gasteiger partial charge >= 0.3 is 0 Å². The Morgan fingerprint density at radius 2 is 0.854 bits per heavy atom. The summed E-state index contributed by atoms with van der Waals surface area (Å²) in [5, 5.41) is 3.41. The van der Waals surface area contributed by atoms with Crippen molar-refractivity contribution in [2.24, 2.45) is 0 Å². The Balaban J connectivity index is 0.000000308. The van der Waals surface area contributed by atoms with Crippen LogP contribution in [-0.4, -0.2) is 19.9 Å². The second kappa shape index (κ2) is 13.0. The molecule has 0 saturated carbocycles. The quantitative estimate of drug-likeness (QED) is 0.265. The highest BCUT2D eigenvalue weighted by Gasteiger charge is 2.24. The molecule has 3 aromatic heterocycles. The second-order valence-corrected chi connectivity index (χ2v) is 18.1. The number of nitrogens with zero attached hydrogens (tertiary/aromatic N) is 4. The van der Waals surface area contributed by atoms with Crippen molar-refractivity contribution in [2.75, 3.05) is 0 Å². The van der Waals surface area contributed by atoms with E-state index >= 15 is 0 Å². The standard InChI is InChI=1S/C13H21N.C12H20N2.C11H19NS/c1-12(2,3)10-8-7-9-11(14-10)13(4,5)6;1-11(2,3)9-7-8-13-10(14-9)12(4,5)6;1-10(2,3)8-7-13-9(12-8)11(4,5)6/h7-9H,1-6H3;7-8H,1-6H3;7H,1-6H3. The Morgan fingerprint density at radius 3 is 1.17 bits per heavy atom. The minimum atomic E-state index is 0.0290. The van der Waals surface area contributed by atoms with Gasteiger partial charge in [-0.2, -0.15) is 0 Å². The maximum Gasteiger partial charge on any atom is 0.133 e. The maximum atomic E-state index is 4.72. The zero-order chi connectivity index (χ0) is 32.2. The van der Waals surface area contributed by atoms with Crippen molar-refractivity contribution in [2.45, 2.75) is 157 Å². The monoisotopic (exact) mass is 580 g/mol. The summed E-state index contributed by atoms with van der Waals surface area (Å²) >= 11 is 1.77. The molecule has 0 saturated heterocycles. The van der Waals surface area contributed by atoms with Gasteiger partial charge in [0.25, 0.3) is 0 Å². The molecule has 0 bridgehead atoms. The number of rotatable bonds is 0. The van der Waals surface area contributed by atoms with Gasteiger partial charge in [0, 0.05) is 61.1 Å². The van der Waals surface area contributed by atoms with Crippen molar-refractivity contribution in [1.82, 2.24) is 19.9 Å². The van der Waals surface area contributed by atoms with Crippen molar-refractivity contribution in [3.63, 3.8) is 0 Å². The van der Waals surface area contributed by atoms with Crippen LogP contribution in [0.15, 0.2) is 35.8 Å². The Hall–Kier alpha value is -2.14. The van der Waals surface area contributed by atoms with Crippen LogP contribution in [0.1, 0.15) is 158 Å². The molecule has 5 heteroatoms. The summed E-state index contributed by atoms with van der Waals surface area (Å²) in [4.78, 5) is 18.3. The Bertz CT molecular complexity index is 1070. The van der Waals surface area contributed by atoms with E-state index in [4.69, 9.17) is 4.98 Å². The van der Waals surface area contributed by atoms with E-state index in [1.807, 2.05) is 12.3 Å². The van der Waals surface area contributed by atoms with E-state index in [9.17, 15) is 0 Å². The molecule has 41 heavy (non-hydrogen) atoms. The summed E-state index contributed by atoms with van der Waals surface area (Å²) in [6, 6.07) is 8.31. The first-order valence-corrected chi connectivity index (χ1v) is 15.8. The van der Waals surface area contributed by atoms with Gasteiger partial charge in [0.1, 0.15) is 5.82 Å². The molecular weight excluding hydrogens is 520 g/mol. The van der Waals surface area contributed by atoms with E-state index in [2.05, 4.69) is 163 Å². The number of hydrogen-bond donors (Lipinski definition) is 0. The lowest BCUT2D eigenvalue weighted by molar-refractivity contribution is 0.513. The molecule has 230 valence electrons. The first-order chi connectivity index (χ1) is 18.1. The lowest BCUT2D eigenvalue weighted by Crippen LogP contribution is -2.21. The molecule has 0 aliphatic carbocycles. The third-order valence-corrected chi connectivity index (χ3v) is 7.56. The van der Waals surface area contributed by atoms with Crippen LogP contribution in [0.3, 0.4) is 0 Å². The summed E-state index contributed by atoms with van der Waals surface area (Å²) in [5.74, 6) is 0.921. The highest BCUT2D eigenvalue weighted by atomic mass is 32.1. The zero-order valence-corrected chi connectivity index (χ0v) is 30.5. The van der Waals surface area contributed by atoms with Crippen LogP contribution >= 0.6 is 11.3 Å². The predicted octanol–water partition coefficient (Wildman–Crippen LogP) is 10.5. The summed E-state index contributed by atoms with van der Waals surface area (Å²) in [7, 11) is 0. The van der Waals surface area contributed by atoms with E-state index in [-0.39, 0.29) is 32.5 Å². The molecule has 3 rings (SSSR count). The number of pyridine rings is 1. The van der Waals surface area contributed by atoms with Crippen molar-refractivity contribution >= 4 is 11.3 Å². The topological polar surface area (TPSA) is 51.6 Å². The Labute approximate surface area is 257 Å². The minimum absolute atomic E-state index is 0.0290. The lowest BCUT2D eigenvalue weighted by Gasteiger charge is -2.23. The number of aromatic nitrogens is 4. The molecule has 0 aliphatic heterocycles. The van der Waals surface area contributed by atoms with Gasteiger partial charge in [0.2, 0.25) is 0 Å². The molecular formula is C36H60N4S. The van der Waals surface area contributed by atoms with Gasteiger partial charge in [-0.25, -0.2) is 15.0 Å². The summed E-state index contributed by atoms with van der Waals surface area (Å²) in [6.45, 7) is 39.3. The van der Waals surface area contributed by atoms with Gasteiger partial charge in [-0.05, 0) is 18.2 Å². The highest BCUT2D eigenvalue weighted by molar-refractivity contribution is 7.09. The fourth-order valence-electron chi connectivity index (χ4n) is 3.37. The molecule has 0 amide bonds. The fraction of sp³-hybridized carbons (Fsp3) is 0.667. The molecule has 3 heterocycles. The highest BCUT2D eigenvalue weighted by Crippen LogP contribution is 2.30. The summed E-state index contributed by atoms with van der Waals surface area (Å²) in [6.07, 6.45) is 1.86. The molecule has 0 fully saturated rings. The fourth-order valence-corrected chi connectivity index (χ4v) is 4.50. The average molecular weight is 581 g/mol. The van der Waals surface area contributed by atoms with Gasteiger partial charge in [-0.15, -0.1) is 11.3 Å². The predicted molar refractivity (Wildman–Crippen MR) is 181 cm³/mol. The number of hydrogen-bond acceptors (Lipinski definition) is 5. The van der Waals surface area contributed by atoms with E-state index in [1.54, 1.807) is 11.3 Å². The van der Waals surface area contributed by atoms with Crippen LogP contribution in [0.5, 0.6) is 0 Å². The third-order valence-electron chi connectivity index (χ3n) is 6.29. The molecule has 0 aromatic carbocycles. The SMILES string of the molecule is CC(C)(C)c1cccc(C(C)(C)C)n1.CC(C)(C)c1ccnc(C(C)(C)C)n1.CC(C)(C)c1csc(C(C)(C)C)n1. The largest absolute Gasteiger partial charge is 0.257 e. The smallest absolute Gasteiger partial charge is 0.133 e. The number of thiazole rings is 1. The zero-order valence-electron chi connectivity index (χ0n) is 29.7. The minimum Gasteiger partial charge on any atom is -0.257 e. The maximum absolute atomic E-state index is 4.72. The van der Waals surface area contributed by atoms with Gasteiger partial charge in [0.15, 0.2) is 0 Å². The molecule has 3 aromatic rings. The van der Waals surface area contributed by atoms with Crippen molar-refractivity contribution in [3.8, 4) is 0 Å². The molecule has 0 unspecified atom stereocenters. The molecule has 0 radical (unpaired) electrons. The van der Waals surface area contributed by atoms with Gasteiger partial charge in [-0.3, -0.25) is 4.98 Å². The van der Waals surface area contributed by atoms with Crippen LogP contribution in [0, 0.1) is 0 Å². The second-order valence-electron chi connectivity index (χ2n) is 17.2. The van der Waals surface area contributed by atoms with E-state index < -0.39 is 0 Å². The van der Waals surface area contributed by atoms with Crippen LogP contribution in [0.2, 0.25) is 0 Å². The van der Waals surface area contributed by atoms with Crippen LogP contribution in [0.4, 0.5) is 0 Å². The molecule has 0 spiro atoms. The molecule has 0 N–H and O–H groups in total. The van der Waals surface area contributed by atoms with E-state index in [0.29, 0.717) is 0 Å². The lowest BCUT2D eigenvalue weighted by atomic mass is 9.88. The first kappa shape index (κ1) is 36.9. The van der Waals surface area contributed by atoms with Crippen LogP contribution < -0.4 is 0 Å². The van der Waals surface area contributed by atoms with Crippen molar-refractivity contribution in [1.29, 1.82) is 0 Å². The van der Waals surface area contributed by atoms with Crippen molar-refractivity contribution < 1.29 is 0 Å². The average Bonchev–Trinajstić information content (AvgIpc) is 3.30.